The van der Waals surface area contributed by atoms with Crippen LogP contribution in [0.5, 0.6) is 0 Å². The summed E-state index contributed by atoms with van der Waals surface area (Å²) in [7, 11) is 1.32. The minimum absolute atomic E-state index is 0.305. The highest BCUT2D eigenvalue weighted by Crippen LogP contribution is 2.30. The summed E-state index contributed by atoms with van der Waals surface area (Å²) in [6.07, 6.45) is -4.42. The molecule has 0 atom stereocenters. The van der Waals surface area contributed by atoms with E-state index in [4.69, 9.17) is 4.74 Å². The van der Waals surface area contributed by atoms with Gasteiger partial charge in [0.15, 0.2) is 0 Å². The van der Waals surface area contributed by atoms with E-state index in [1.807, 2.05) is 24.3 Å². The van der Waals surface area contributed by atoms with Crippen LogP contribution in [0.3, 0.4) is 0 Å². The van der Waals surface area contributed by atoms with E-state index in [1.165, 1.54) is 13.2 Å². The average molecular weight is 425 g/mol. The minimum Gasteiger partial charge on any atom is -0.465 e. The van der Waals surface area contributed by atoms with E-state index in [0.29, 0.717) is 17.1 Å². The summed E-state index contributed by atoms with van der Waals surface area (Å²) in [6.45, 7) is 0. The lowest BCUT2D eigenvalue weighted by molar-refractivity contribution is -0.137. The summed E-state index contributed by atoms with van der Waals surface area (Å²) in [5, 5.41) is 4.65. The van der Waals surface area contributed by atoms with Gasteiger partial charge in [-0.05, 0) is 30.3 Å². The Balaban J connectivity index is 1.77. The van der Waals surface area contributed by atoms with Crippen LogP contribution in [0.15, 0.2) is 72.8 Å². The second-order valence-electron chi connectivity index (χ2n) is 6.82. The Hall–Kier alpha value is -3.94. The molecule has 0 aromatic heterocycles. The minimum atomic E-state index is -4.42. The maximum Gasteiger partial charge on any atom is 0.416 e. The molecule has 31 heavy (non-hydrogen) atoms. The number of methoxy groups -OCH3 is 1. The molecule has 4 rings (SSSR count). The monoisotopic (exact) mass is 425 g/mol. The van der Waals surface area contributed by atoms with Crippen molar-refractivity contribution < 1.29 is 22.7 Å². The van der Waals surface area contributed by atoms with Crippen LogP contribution < -0.4 is 26.6 Å². The lowest BCUT2D eigenvalue weighted by Gasteiger charge is -2.23. The number of nitrogens with one attached hydrogen (secondary N) is 3. The van der Waals surface area contributed by atoms with Gasteiger partial charge in [-0.15, -0.1) is 0 Å². The van der Waals surface area contributed by atoms with Crippen molar-refractivity contribution in [2.45, 2.75) is 6.18 Å². The lowest BCUT2D eigenvalue weighted by atomic mass is 10.0. The van der Waals surface area contributed by atoms with Crippen LogP contribution in [0.4, 0.5) is 18.9 Å². The van der Waals surface area contributed by atoms with Crippen molar-refractivity contribution in [2.75, 3.05) is 12.4 Å². The van der Waals surface area contributed by atoms with E-state index in [1.54, 1.807) is 30.3 Å². The van der Waals surface area contributed by atoms with Crippen molar-refractivity contribution in [3.05, 3.63) is 99.9 Å². The number of fused-ring (bicyclic) bond motifs is 1. The zero-order chi connectivity index (χ0) is 22.0. The number of esters is 1. The van der Waals surface area contributed by atoms with Gasteiger partial charge < -0.3 is 10.1 Å². The predicted octanol–water partition coefficient (Wildman–Crippen LogP) is 2.93. The SMILES string of the molecule is COC(=O)c1ccc(C2=c3ccccc3=C(Nc3cccc(C(F)(F)F)c3)NN2)cc1. The first kappa shape index (κ1) is 20.3. The third-order valence-corrected chi connectivity index (χ3v) is 4.83. The van der Waals surface area contributed by atoms with Gasteiger partial charge in [0, 0.05) is 21.7 Å². The Labute approximate surface area is 175 Å². The maximum atomic E-state index is 13.0. The molecule has 0 saturated carbocycles. The summed E-state index contributed by atoms with van der Waals surface area (Å²) in [5.41, 5.74) is 7.72. The fraction of sp³-hybridized carbons (Fsp3) is 0.0870. The molecule has 0 radical (unpaired) electrons. The molecule has 1 heterocycles. The predicted molar refractivity (Wildman–Crippen MR) is 111 cm³/mol. The van der Waals surface area contributed by atoms with Crippen molar-refractivity contribution >= 4 is 23.2 Å². The molecule has 0 spiro atoms. The first-order valence-corrected chi connectivity index (χ1v) is 9.35. The Morgan fingerprint density at radius 3 is 2.29 bits per heavy atom. The largest absolute Gasteiger partial charge is 0.465 e. The molecule has 5 nitrogen and oxygen atoms in total. The molecule has 0 saturated heterocycles. The summed E-state index contributed by atoms with van der Waals surface area (Å²) >= 11 is 0. The van der Waals surface area contributed by atoms with Gasteiger partial charge in [-0.3, -0.25) is 10.9 Å². The van der Waals surface area contributed by atoms with Crippen molar-refractivity contribution in [2.24, 2.45) is 0 Å². The molecule has 0 aliphatic carbocycles. The number of alkyl halides is 3. The molecule has 3 aromatic rings. The summed E-state index contributed by atoms with van der Waals surface area (Å²) in [4.78, 5) is 11.7. The Bertz CT molecular complexity index is 1250. The molecular weight excluding hydrogens is 407 g/mol. The number of ether oxygens (including phenoxy) is 1. The number of carbonyl (C=O) groups excluding carboxylic acids is 1. The van der Waals surface area contributed by atoms with E-state index in [9.17, 15) is 18.0 Å². The second kappa shape index (κ2) is 8.06. The summed E-state index contributed by atoms with van der Waals surface area (Å²) in [6, 6.07) is 19.4. The molecule has 0 bridgehead atoms. The standard InChI is InChI=1S/C23H18F3N3O2/c1-31-22(30)15-11-9-14(10-12-15)20-18-7-2-3-8-19(18)21(29-28-20)27-17-6-4-5-16(13-17)23(24,25)26/h2-13,27-29H,1H3. The van der Waals surface area contributed by atoms with Gasteiger partial charge in [-0.25, -0.2) is 4.79 Å². The van der Waals surface area contributed by atoms with Gasteiger partial charge in [0.1, 0.15) is 5.82 Å². The molecule has 0 amide bonds. The van der Waals surface area contributed by atoms with Crippen LogP contribution in [0.2, 0.25) is 0 Å². The van der Waals surface area contributed by atoms with Gasteiger partial charge in [0.05, 0.1) is 23.9 Å². The van der Waals surface area contributed by atoms with Crippen molar-refractivity contribution in [1.29, 1.82) is 0 Å². The highest BCUT2D eigenvalue weighted by atomic mass is 19.4. The third-order valence-electron chi connectivity index (χ3n) is 4.83. The van der Waals surface area contributed by atoms with Crippen molar-refractivity contribution in [3.8, 4) is 0 Å². The number of halogens is 3. The fourth-order valence-corrected chi connectivity index (χ4v) is 3.31. The Kier molecular flexibility index (Phi) is 5.29. The van der Waals surface area contributed by atoms with Gasteiger partial charge in [-0.1, -0.05) is 42.5 Å². The second-order valence-corrected chi connectivity index (χ2v) is 6.82. The maximum absolute atomic E-state index is 13.0. The summed E-state index contributed by atoms with van der Waals surface area (Å²) < 4.78 is 43.8. The fourth-order valence-electron chi connectivity index (χ4n) is 3.31. The molecule has 3 aromatic carbocycles. The highest BCUT2D eigenvalue weighted by Gasteiger charge is 2.30. The zero-order valence-electron chi connectivity index (χ0n) is 16.4. The van der Waals surface area contributed by atoms with Crippen LogP contribution in [0.25, 0.3) is 11.5 Å². The first-order valence-electron chi connectivity index (χ1n) is 9.35. The number of carbonyl (C=O) groups is 1. The van der Waals surface area contributed by atoms with E-state index >= 15 is 0 Å². The molecule has 3 N–H and O–H groups in total. The zero-order valence-corrected chi connectivity index (χ0v) is 16.4. The number of anilines is 1. The molecule has 1 aliphatic rings. The molecule has 0 unspecified atom stereocenters. The number of benzene rings is 3. The van der Waals surface area contributed by atoms with E-state index in [2.05, 4.69) is 16.2 Å². The number of rotatable bonds is 4. The van der Waals surface area contributed by atoms with Gasteiger partial charge in [-0.2, -0.15) is 13.2 Å². The van der Waals surface area contributed by atoms with Crippen molar-refractivity contribution in [3.63, 3.8) is 0 Å². The Morgan fingerprint density at radius 2 is 1.61 bits per heavy atom. The molecular formula is C23H18F3N3O2. The summed E-state index contributed by atoms with van der Waals surface area (Å²) in [5.74, 6) is 0.0949. The third kappa shape index (κ3) is 4.18. The van der Waals surface area contributed by atoms with E-state index in [-0.39, 0.29) is 0 Å². The Morgan fingerprint density at radius 1 is 0.903 bits per heavy atom. The normalized spacial score (nSPS) is 13.0. The molecule has 1 aliphatic heterocycles. The molecule has 158 valence electrons. The van der Waals surface area contributed by atoms with Crippen LogP contribution in [-0.2, 0) is 10.9 Å². The van der Waals surface area contributed by atoms with Gasteiger partial charge >= 0.3 is 12.1 Å². The van der Waals surface area contributed by atoms with Gasteiger partial charge in [0.25, 0.3) is 0 Å². The highest BCUT2D eigenvalue weighted by molar-refractivity contribution is 5.89. The van der Waals surface area contributed by atoms with E-state index < -0.39 is 17.7 Å². The molecule has 8 heteroatoms. The topological polar surface area (TPSA) is 62.4 Å². The quantitative estimate of drug-likeness (QED) is 0.561. The average Bonchev–Trinajstić information content (AvgIpc) is 2.78. The number of hydrogen-bond donors (Lipinski definition) is 3. The van der Waals surface area contributed by atoms with Crippen LogP contribution in [0, 0.1) is 0 Å². The lowest BCUT2D eigenvalue weighted by Crippen LogP contribution is -2.49. The smallest absolute Gasteiger partial charge is 0.416 e. The number of hydrogen-bond acceptors (Lipinski definition) is 5. The van der Waals surface area contributed by atoms with Crippen LogP contribution in [0.1, 0.15) is 21.5 Å². The number of hydrazine groups is 1. The van der Waals surface area contributed by atoms with Crippen LogP contribution in [-0.4, -0.2) is 13.1 Å². The first-order chi connectivity index (χ1) is 14.9. The van der Waals surface area contributed by atoms with Crippen molar-refractivity contribution in [1.82, 2.24) is 10.9 Å². The van der Waals surface area contributed by atoms with Crippen LogP contribution >= 0.6 is 0 Å². The van der Waals surface area contributed by atoms with Gasteiger partial charge in [0.2, 0.25) is 0 Å². The van der Waals surface area contributed by atoms with E-state index in [0.717, 1.165) is 33.8 Å². The molecule has 0 fully saturated rings.